The van der Waals surface area contributed by atoms with Crippen LogP contribution in [0.2, 0.25) is 0 Å². The smallest absolute Gasteiger partial charge is 0.224 e. The molecule has 2 aromatic heterocycles. The average molecular weight is 554 g/mol. The molecule has 2 unspecified atom stereocenters. The van der Waals surface area contributed by atoms with Gasteiger partial charge in [0.25, 0.3) is 0 Å². The van der Waals surface area contributed by atoms with Crippen molar-refractivity contribution in [3.05, 3.63) is 101 Å². The lowest BCUT2D eigenvalue weighted by Crippen LogP contribution is -2.29. The number of methoxy groups -OCH3 is 1. The number of aryl methyl sites for hydroxylation is 2. The number of hydrogen-bond acceptors (Lipinski definition) is 4. The molecule has 206 valence electrons. The van der Waals surface area contributed by atoms with Gasteiger partial charge in [0.2, 0.25) is 5.91 Å². The summed E-state index contributed by atoms with van der Waals surface area (Å²) in [6, 6.07) is 22.4. The minimum absolute atomic E-state index is 0.0723. The number of thiocarbonyl (C=S) groups is 1. The molecule has 1 aliphatic rings. The Bertz CT molecular complexity index is 1530. The molecule has 1 amide bonds. The molecule has 4 aromatic rings. The van der Waals surface area contributed by atoms with Crippen LogP contribution in [0.3, 0.4) is 0 Å². The Kier molecular flexibility index (Phi) is 7.89. The number of nitrogens with zero attached hydrogens (tertiary/aromatic N) is 3. The second kappa shape index (κ2) is 11.5. The number of amides is 1. The maximum absolute atomic E-state index is 12.1. The van der Waals surface area contributed by atoms with Crippen LogP contribution in [0, 0.1) is 13.8 Å². The quantitative estimate of drug-likeness (QED) is 0.240. The molecule has 0 spiro atoms. The van der Waals surface area contributed by atoms with Gasteiger partial charge < -0.3 is 24.8 Å². The zero-order valence-electron chi connectivity index (χ0n) is 23.6. The van der Waals surface area contributed by atoms with Gasteiger partial charge in [-0.3, -0.25) is 9.78 Å². The second-order valence-electron chi connectivity index (χ2n) is 9.96. The molecule has 8 heteroatoms. The van der Waals surface area contributed by atoms with Crippen LogP contribution in [0.4, 0.5) is 11.4 Å². The van der Waals surface area contributed by atoms with Gasteiger partial charge in [-0.05, 0) is 86.1 Å². The highest BCUT2D eigenvalue weighted by Crippen LogP contribution is 2.45. The molecule has 2 aromatic carbocycles. The Morgan fingerprint density at radius 3 is 2.45 bits per heavy atom. The lowest BCUT2D eigenvalue weighted by molar-refractivity contribution is -0.115. The molecule has 0 saturated carbocycles. The van der Waals surface area contributed by atoms with Crippen molar-refractivity contribution in [2.24, 2.45) is 0 Å². The number of carbonyl (C=O) groups excluding carboxylic acids is 1. The maximum Gasteiger partial charge on any atom is 0.224 e. The minimum Gasteiger partial charge on any atom is -0.494 e. The summed E-state index contributed by atoms with van der Waals surface area (Å²) < 4.78 is 7.98. The SMILES string of the molecule is CCC(=O)Nc1ccc(N2C(=S)NC(c3ccccn3)C2c2cc(C)n(-c3ccc(CC)cc3)c2C)cc1OC. The highest BCUT2D eigenvalue weighted by atomic mass is 32.1. The Morgan fingerprint density at radius 2 is 1.80 bits per heavy atom. The zero-order chi connectivity index (χ0) is 28.4. The largest absolute Gasteiger partial charge is 0.494 e. The molecular formula is C32H35N5O2S. The number of aromatic nitrogens is 2. The summed E-state index contributed by atoms with van der Waals surface area (Å²) in [5, 5.41) is 7.07. The van der Waals surface area contributed by atoms with Gasteiger partial charge in [-0.25, -0.2) is 0 Å². The first kappa shape index (κ1) is 27.4. The summed E-state index contributed by atoms with van der Waals surface area (Å²) in [5.74, 6) is 0.500. The van der Waals surface area contributed by atoms with Crippen LogP contribution in [-0.2, 0) is 11.2 Å². The van der Waals surface area contributed by atoms with Gasteiger partial charge in [0.1, 0.15) is 5.75 Å². The number of rotatable bonds is 8. The summed E-state index contributed by atoms with van der Waals surface area (Å²) in [6.45, 7) is 8.29. The predicted molar refractivity (Wildman–Crippen MR) is 164 cm³/mol. The molecule has 0 bridgehead atoms. The maximum atomic E-state index is 12.1. The summed E-state index contributed by atoms with van der Waals surface area (Å²) in [4.78, 5) is 18.9. The van der Waals surface area contributed by atoms with Crippen molar-refractivity contribution in [1.82, 2.24) is 14.9 Å². The number of nitrogens with one attached hydrogen (secondary N) is 2. The third kappa shape index (κ3) is 5.07. The van der Waals surface area contributed by atoms with Crippen LogP contribution in [-0.4, -0.2) is 27.7 Å². The van der Waals surface area contributed by atoms with Gasteiger partial charge in [0.15, 0.2) is 5.11 Å². The molecular weight excluding hydrogens is 518 g/mol. The number of carbonyl (C=O) groups is 1. The summed E-state index contributed by atoms with van der Waals surface area (Å²) >= 11 is 5.95. The zero-order valence-corrected chi connectivity index (χ0v) is 24.4. The average Bonchev–Trinajstić information content (AvgIpc) is 3.48. The third-order valence-corrected chi connectivity index (χ3v) is 7.86. The highest BCUT2D eigenvalue weighted by Gasteiger charge is 2.42. The van der Waals surface area contributed by atoms with E-state index < -0.39 is 0 Å². The number of ether oxygens (including phenoxy) is 1. The Morgan fingerprint density at radius 1 is 1.05 bits per heavy atom. The molecule has 3 heterocycles. The van der Waals surface area contributed by atoms with E-state index in [-0.39, 0.29) is 18.0 Å². The van der Waals surface area contributed by atoms with Gasteiger partial charge >= 0.3 is 0 Å². The molecule has 5 rings (SSSR count). The van der Waals surface area contributed by atoms with Crippen molar-refractivity contribution in [3.8, 4) is 11.4 Å². The number of pyridine rings is 1. The Balaban J connectivity index is 1.63. The standard InChI is InChI=1S/C32H35N5O2S/c1-6-22-11-13-23(14-12-22)36-20(3)18-25(21(36)4)31-30(27-10-8-9-17-33-27)35-32(40)37(31)24-15-16-26(28(19-24)39-5)34-29(38)7-2/h8-19,30-31H,6-7H2,1-5H3,(H,34,38)(H,35,40). The number of anilines is 2. The molecule has 40 heavy (non-hydrogen) atoms. The van der Waals surface area contributed by atoms with Crippen LogP contribution in [0.1, 0.15) is 60.6 Å². The molecule has 1 saturated heterocycles. The van der Waals surface area contributed by atoms with E-state index in [9.17, 15) is 4.79 Å². The lowest BCUT2D eigenvalue weighted by Gasteiger charge is -2.29. The number of benzene rings is 2. The number of hydrogen-bond donors (Lipinski definition) is 2. The van der Waals surface area contributed by atoms with E-state index in [0.717, 1.165) is 40.4 Å². The predicted octanol–water partition coefficient (Wildman–Crippen LogP) is 6.59. The normalized spacial score (nSPS) is 16.6. The van der Waals surface area contributed by atoms with Crippen molar-refractivity contribution in [1.29, 1.82) is 0 Å². The van der Waals surface area contributed by atoms with Gasteiger partial charge in [0.05, 0.1) is 30.6 Å². The summed E-state index contributed by atoms with van der Waals surface area (Å²) in [5.41, 5.74) is 8.28. The molecule has 0 aliphatic carbocycles. The van der Waals surface area contributed by atoms with E-state index in [0.29, 0.717) is 23.0 Å². The molecule has 7 nitrogen and oxygen atoms in total. The van der Waals surface area contributed by atoms with Crippen LogP contribution in [0.15, 0.2) is 72.9 Å². The van der Waals surface area contributed by atoms with E-state index in [2.05, 4.69) is 71.2 Å². The first-order chi connectivity index (χ1) is 19.4. The fourth-order valence-electron chi connectivity index (χ4n) is 5.49. The topological polar surface area (TPSA) is 71.4 Å². The van der Waals surface area contributed by atoms with Crippen molar-refractivity contribution in [2.75, 3.05) is 17.3 Å². The minimum atomic E-state index is -0.171. The van der Waals surface area contributed by atoms with Gasteiger partial charge in [-0.15, -0.1) is 0 Å². The Hall–Kier alpha value is -4.17. The third-order valence-electron chi connectivity index (χ3n) is 7.55. The summed E-state index contributed by atoms with van der Waals surface area (Å²) in [7, 11) is 1.60. The van der Waals surface area contributed by atoms with E-state index in [1.165, 1.54) is 5.56 Å². The van der Waals surface area contributed by atoms with Crippen LogP contribution < -0.4 is 20.3 Å². The lowest BCUT2D eigenvalue weighted by atomic mass is 9.96. The van der Waals surface area contributed by atoms with Gasteiger partial charge in [-0.1, -0.05) is 32.0 Å². The Labute approximate surface area is 241 Å². The van der Waals surface area contributed by atoms with E-state index in [1.807, 2.05) is 49.5 Å². The van der Waals surface area contributed by atoms with E-state index in [1.54, 1.807) is 7.11 Å². The van der Waals surface area contributed by atoms with Crippen LogP contribution >= 0.6 is 12.2 Å². The monoisotopic (exact) mass is 553 g/mol. The van der Waals surface area contributed by atoms with Gasteiger partial charge in [0, 0.05) is 41.4 Å². The molecule has 1 aliphatic heterocycles. The fourth-order valence-corrected chi connectivity index (χ4v) is 5.83. The molecule has 2 atom stereocenters. The highest BCUT2D eigenvalue weighted by molar-refractivity contribution is 7.80. The van der Waals surface area contributed by atoms with Crippen LogP contribution in [0.5, 0.6) is 5.75 Å². The molecule has 0 radical (unpaired) electrons. The van der Waals surface area contributed by atoms with Crippen LogP contribution in [0.25, 0.3) is 5.69 Å². The van der Waals surface area contributed by atoms with Crippen molar-refractivity contribution < 1.29 is 9.53 Å². The van der Waals surface area contributed by atoms with Gasteiger partial charge in [-0.2, -0.15) is 0 Å². The molecule has 2 N–H and O–H groups in total. The second-order valence-corrected chi connectivity index (χ2v) is 10.4. The van der Waals surface area contributed by atoms with Crippen molar-refractivity contribution in [3.63, 3.8) is 0 Å². The fraction of sp³-hybridized carbons (Fsp3) is 0.281. The van der Waals surface area contributed by atoms with Crippen molar-refractivity contribution in [2.45, 2.75) is 52.6 Å². The van der Waals surface area contributed by atoms with E-state index in [4.69, 9.17) is 21.9 Å². The van der Waals surface area contributed by atoms with Crippen molar-refractivity contribution >= 4 is 34.6 Å². The first-order valence-electron chi connectivity index (χ1n) is 13.6. The first-order valence-corrected chi connectivity index (χ1v) is 14.0. The summed E-state index contributed by atoms with van der Waals surface area (Å²) in [6.07, 6.45) is 3.20. The molecule has 1 fully saturated rings. The van der Waals surface area contributed by atoms with E-state index >= 15 is 0 Å².